The van der Waals surface area contributed by atoms with E-state index in [2.05, 4.69) is 15.3 Å². The number of methoxy groups -OCH3 is 2. The third-order valence-electron chi connectivity index (χ3n) is 5.97. The second kappa shape index (κ2) is 9.76. The van der Waals surface area contributed by atoms with Gasteiger partial charge >= 0.3 is 5.97 Å². The van der Waals surface area contributed by atoms with Crippen LogP contribution in [0.4, 0.5) is 0 Å². The van der Waals surface area contributed by atoms with Crippen LogP contribution in [0.3, 0.4) is 0 Å². The molecule has 0 saturated carbocycles. The van der Waals surface area contributed by atoms with E-state index in [1.807, 2.05) is 29.2 Å². The summed E-state index contributed by atoms with van der Waals surface area (Å²) < 4.78 is 10.1. The lowest BCUT2D eigenvalue weighted by molar-refractivity contribution is 0.0599. The second-order valence-electron chi connectivity index (χ2n) is 8.06. The van der Waals surface area contributed by atoms with Crippen molar-refractivity contribution in [3.05, 3.63) is 57.9 Å². The number of esters is 1. The number of H-pyrrole nitrogens is 1. The summed E-state index contributed by atoms with van der Waals surface area (Å²) in [5.41, 5.74) is 4.30. The predicted molar refractivity (Wildman–Crippen MR) is 127 cm³/mol. The topological polar surface area (TPSA) is 87.8 Å². The van der Waals surface area contributed by atoms with Gasteiger partial charge in [0.2, 0.25) is 0 Å². The van der Waals surface area contributed by atoms with Gasteiger partial charge in [0, 0.05) is 49.4 Å². The van der Waals surface area contributed by atoms with Crippen LogP contribution >= 0.6 is 11.3 Å². The zero-order valence-electron chi connectivity index (χ0n) is 19.3. The molecule has 1 fully saturated rings. The number of thiazole rings is 1. The van der Waals surface area contributed by atoms with Crippen molar-refractivity contribution in [1.82, 2.24) is 19.8 Å². The fourth-order valence-electron chi connectivity index (χ4n) is 4.11. The molecule has 0 bridgehead atoms. The number of aromatic amines is 1. The molecule has 2 aromatic heterocycles. The van der Waals surface area contributed by atoms with Crippen molar-refractivity contribution in [3.8, 4) is 16.3 Å². The van der Waals surface area contributed by atoms with Crippen molar-refractivity contribution < 1.29 is 19.1 Å². The first-order valence-corrected chi connectivity index (χ1v) is 11.7. The molecular weight excluding hydrogens is 440 g/mol. The zero-order chi connectivity index (χ0) is 23.5. The molecule has 8 nitrogen and oxygen atoms in total. The van der Waals surface area contributed by atoms with Crippen molar-refractivity contribution in [1.29, 1.82) is 0 Å². The van der Waals surface area contributed by atoms with Crippen LogP contribution in [-0.2, 0) is 11.3 Å². The summed E-state index contributed by atoms with van der Waals surface area (Å²) in [6.45, 7) is 7.10. The number of ether oxygens (including phenoxy) is 2. The van der Waals surface area contributed by atoms with Gasteiger partial charge in [-0.3, -0.25) is 9.69 Å². The summed E-state index contributed by atoms with van der Waals surface area (Å²) >= 11 is 1.63. The van der Waals surface area contributed by atoms with E-state index >= 15 is 0 Å². The molecule has 1 N–H and O–H groups in total. The number of aryl methyl sites for hydroxylation is 1. The molecule has 1 amide bonds. The molecule has 3 heterocycles. The molecule has 0 radical (unpaired) electrons. The van der Waals surface area contributed by atoms with Crippen molar-refractivity contribution in [3.63, 3.8) is 0 Å². The van der Waals surface area contributed by atoms with Crippen LogP contribution in [0.1, 0.15) is 37.8 Å². The average molecular weight is 469 g/mol. The third-order valence-corrected chi connectivity index (χ3v) is 6.91. The highest BCUT2D eigenvalue weighted by Gasteiger charge is 2.28. The molecule has 33 heavy (non-hydrogen) atoms. The molecule has 9 heteroatoms. The maximum atomic E-state index is 13.1. The molecule has 4 rings (SSSR count). The number of nitrogens with one attached hydrogen (secondary N) is 1. The van der Waals surface area contributed by atoms with Crippen LogP contribution in [0.25, 0.3) is 10.6 Å². The Balaban J connectivity index is 1.35. The van der Waals surface area contributed by atoms with E-state index in [9.17, 15) is 9.59 Å². The van der Waals surface area contributed by atoms with Crippen molar-refractivity contribution >= 4 is 23.2 Å². The lowest BCUT2D eigenvalue weighted by Crippen LogP contribution is -2.48. The Bertz CT molecular complexity index is 1140. The number of aromatic nitrogens is 2. The second-order valence-corrected chi connectivity index (χ2v) is 8.92. The Hall–Kier alpha value is -3.17. The van der Waals surface area contributed by atoms with Gasteiger partial charge in [-0.25, -0.2) is 9.78 Å². The maximum Gasteiger partial charge on any atom is 0.339 e. The molecule has 1 saturated heterocycles. The molecule has 0 aliphatic carbocycles. The maximum absolute atomic E-state index is 13.1. The van der Waals surface area contributed by atoms with Crippen LogP contribution in [0.15, 0.2) is 29.6 Å². The van der Waals surface area contributed by atoms with Crippen LogP contribution in [-0.4, -0.2) is 72.0 Å². The molecule has 174 valence electrons. The lowest BCUT2D eigenvalue weighted by Gasteiger charge is -2.34. The minimum Gasteiger partial charge on any atom is -0.497 e. The molecule has 1 aliphatic heterocycles. The number of nitrogens with zero attached hydrogens (tertiary/aromatic N) is 3. The van der Waals surface area contributed by atoms with Crippen LogP contribution in [0.5, 0.6) is 5.75 Å². The van der Waals surface area contributed by atoms with E-state index < -0.39 is 5.97 Å². The van der Waals surface area contributed by atoms with Gasteiger partial charge in [0.15, 0.2) is 0 Å². The smallest absolute Gasteiger partial charge is 0.339 e. The number of carbonyl (C=O) groups excluding carboxylic acids is 2. The van der Waals surface area contributed by atoms with E-state index in [1.54, 1.807) is 32.3 Å². The van der Waals surface area contributed by atoms with Gasteiger partial charge in [-0.05, 0) is 43.7 Å². The van der Waals surface area contributed by atoms with E-state index in [0.717, 1.165) is 41.6 Å². The Morgan fingerprint density at radius 1 is 1.09 bits per heavy atom. The number of hydrogen-bond donors (Lipinski definition) is 1. The Kier molecular flexibility index (Phi) is 6.80. The molecular formula is C24H28N4O4S. The number of amides is 1. The minimum atomic E-state index is -0.428. The first-order valence-electron chi connectivity index (χ1n) is 10.8. The molecule has 3 aromatic rings. The highest BCUT2D eigenvalue weighted by molar-refractivity contribution is 7.13. The fraction of sp³-hybridized carbons (Fsp3) is 0.375. The summed E-state index contributed by atoms with van der Waals surface area (Å²) in [4.78, 5) is 37.1. The van der Waals surface area contributed by atoms with Gasteiger partial charge < -0.3 is 19.4 Å². The van der Waals surface area contributed by atoms with Crippen molar-refractivity contribution in [2.45, 2.75) is 20.4 Å². The molecule has 1 aromatic carbocycles. The van der Waals surface area contributed by atoms with Crippen molar-refractivity contribution in [2.75, 3.05) is 40.4 Å². The van der Waals surface area contributed by atoms with Crippen LogP contribution in [0.2, 0.25) is 0 Å². The first-order chi connectivity index (χ1) is 15.9. The molecule has 0 unspecified atom stereocenters. The first kappa shape index (κ1) is 23.0. The third kappa shape index (κ3) is 4.79. The van der Waals surface area contributed by atoms with E-state index in [0.29, 0.717) is 35.6 Å². The largest absolute Gasteiger partial charge is 0.497 e. The van der Waals surface area contributed by atoms with Gasteiger partial charge in [-0.15, -0.1) is 11.3 Å². The number of benzene rings is 1. The Morgan fingerprint density at radius 3 is 2.42 bits per heavy atom. The van der Waals surface area contributed by atoms with Gasteiger partial charge in [0.25, 0.3) is 5.91 Å². The molecule has 0 spiro atoms. The van der Waals surface area contributed by atoms with Gasteiger partial charge in [0.05, 0.1) is 25.5 Å². The van der Waals surface area contributed by atoms with Gasteiger partial charge in [-0.1, -0.05) is 0 Å². The normalized spacial score (nSPS) is 14.4. The van der Waals surface area contributed by atoms with E-state index in [-0.39, 0.29) is 5.91 Å². The predicted octanol–water partition coefficient (Wildman–Crippen LogP) is 3.51. The lowest BCUT2D eigenvalue weighted by atomic mass is 10.1. The summed E-state index contributed by atoms with van der Waals surface area (Å²) in [7, 11) is 3.00. The number of rotatable bonds is 6. The highest BCUT2D eigenvalue weighted by Crippen LogP contribution is 2.26. The van der Waals surface area contributed by atoms with Gasteiger partial charge in [0.1, 0.15) is 16.5 Å². The van der Waals surface area contributed by atoms with Crippen LogP contribution in [0, 0.1) is 13.8 Å². The number of piperazine rings is 1. The molecule has 1 aliphatic rings. The van der Waals surface area contributed by atoms with E-state index in [4.69, 9.17) is 14.5 Å². The Labute approximate surface area is 197 Å². The summed E-state index contributed by atoms with van der Waals surface area (Å²) in [5.74, 6) is 0.317. The monoisotopic (exact) mass is 468 g/mol. The zero-order valence-corrected chi connectivity index (χ0v) is 20.1. The summed E-state index contributed by atoms with van der Waals surface area (Å²) in [5, 5.41) is 3.08. The SMILES string of the molecule is COC(=O)c1c(C)[nH]c(C(=O)N2CCN(Cc3csc(-c4ccc(OC)cc4)n3)CC2)c1C. The minimum absolute atomic E-state index is 0.0825. The van der Waals surface area contributed by atoms with Crippen molar-refractivity contribution in [2.24, 2.45) is 0 Å². The fourth-order valence-corrected chi connectivity index (χ4v) is 4.93. The average Bonchev–Trinajstić information content (AvgIpc) is 3.42. The summed E-state index contributed by atoms with van der Waals surface area (Å²) in [6, 6.07) is 7.91. The Morgan fingerprint density at radius 2 is 1.79 bits per heavy atom. The van der Waals surface area contributed by atoms with Crippen LogP contribution < -0.4 is 4.74 Å². The van der Waals surface area contributed by atoms with E-state index in [1.165, 1.54) is 7.11 Å². The standard InChI is InChI=1S/C24H28N4O4S/c1-15-20(24(30)32-4)16(2)25-21(15)23(29)28-11-9-27(10-12-28)13-18-14-33-22(26-18)17-5-7-19(31-3)8-6-17/h5-8,14,25H,9-13H2,1-4H3. The quantitative estimate of drug-likeness (QED) is 0.557. The van der Waals surface area contributed by atoms with Gasteiger partial charge in [-0.2, -0.15) is 0 Å². The number of carbonyl (C=O) groups is 2. The highest BCUT2D eigenvalue weighted by atomic mass is 32.1. The number of hydrogen-bond acceptors (Lipinski definition) is 7. The molecule has 0 atom stereocenters. The summed E-state index contributed by atoms with van der Waals surface area (Å²) in [6.07, 6.45) is 0.